The molecular formula is C42H64O4. The Hall–Kier alpha value is -3.66. The minimum atomic E-state index is -0.931. The smallest absolute Gasteiger partial charge is 0.328 e. The highest BCUT2D eigenvalue weighted by atomic mass is 16.4. The van der Waals surface area contributed by atoms with Gasteiger partial charge in [-0.05, 0) is 25.7 Å². The standard InChI is InChI=1S/C22H34O2.C20H30O2/c1-2-3-4-5-6-7-8-9-10-11-12-13-14-15-16-17-18-19-20-21-22(23)24;1-2-3-4-5-6-7-8-9-10-11-12-13-14-15-16-17-18-19-20(21)22/h12-21H,2-11H2,1H3,(H,23,24);10-19H,2-9H2,1H3,(H,21,22)/b13-12+,15-14+,17-16+,19-18+,21-20+;11-10+,13-12+,15-14+,17-16+,19-18+. The first-order chi connectivity index (χ1) is 22.5. The van der Waals surface area contributed by atoms with Crippen LogP contribution >= 0.6 is 0 Å². The Morgan fingerprint density at radius 3 is 0.870 bits per heavy atom. The van der Waals surface area contributed by atoms with Crippen molar-refractivity contribution in [3.8, 4) is 0 Å². The molecule has 0 saturated carbocycles. The van der Waals surface area contributed by atoms with Gasteiger partial charge in [-0.1, -0.05) is 213 Å². The Bertz CT molecular complexity index is 983. The fourth-order valence-corrected chi connectivity index (χ4v) is 4.19. The fourth-order valence-electron chi connectivity index (χ4n) is 4.19. The minimum absolute atomic E-state index is 0.930. The van der Waals surface area contributed by atoms with E-state index in [1.807, 2.05) is 48.6 Å². The summed E-state index contributed by atoms with van der Waals surface area (Å²) in [6.45, 7) is 4.51. The first-order valence-electron chi connectivity index (χ1n) is 17.7. The Morgan fingerprint density at radius 1 is 0.348 bits per heavy atom. The van der Waals surface area contributed by atoms with Gasteiger partial charge < -0.3 is 10.2 Å². The van der Waals surface area contributed by atoms with Crippen LogP contribution in [0.2, 0.25) is 0 Å². The molecule has 0 amide bonds. The first kappa shape index (κ1) is 44.5. The second-order valence-corrected chi connectivity index (χ2v) is 11.1. The van der Waals surface area contributed by atoms with Crippen LogP contribution in [0, 0.1) is 0 Å². The van der Waals surface area contributed by atoms with Gasteiger partial charge in [0.25, 0.3) is 0 Å². The summed E-state index contributed by atoms with van der Waals surface area (Å²) in [6, 6.07) is 0. The Labute approximate surface area is 282 Å². The normalized spacial score (nSPS) is 12.7. The highest BCUT2D eigenvalue weighted by Gasteiger charge is 1.91. The summed E-state index contributed by atoms with van der Waals surface area (Å²) in [5.41, 5.74) is 0. The molecular weight excluding hydrogens is 568 g/mol. The number of unbranched alkanes of at least 4 members (excludes halogenated alkanes) is 16. The van der Waals surface area contributed by atoms with E-state index >= 15 is 0 Å². The van der Waals surface area contributed by atoms with Crippen molar-refractivity contribution in [1.29, 1.82) is 0 Å². The molecule has 0 radical (unpaired) electrons. The van der Waals surface area contributed by atoms with Crippen LogP contribution in [0.15, 0.2) is 122 Å². The summed E-state index contributed by atoms with van der Waals surface area (Å²) in [5.74, 6) is -1.86. The van der Waals surface area contributed by atoms with E-state index in [2.05, 4.69) is 38.2 Å². The zero-order valence-electron chi connectivity index (χ0n) is 29.0. The molecule has 0 aliphatic rings. The number of hydrogen-bond acceptors (Lipinski definition) is 2. The summed E-state index contributed by atoms with van der Waals surface area (Å²) in [6.07, 6.45) is 60.5. The number of carboxylic acid groups (broad SMARTS) is 2. The number of rotatable bonds is 28. The van der Waals surface area contributed by atoms with Gasteiger partial charge in [0.05, 0.1) is 0 Å². The van der Waals surface area contributed by atoms with Crippen molar-refractivity contribution in [2.45, 2.75) is 129 Å². The lowest BCUT2D eigenvalue weighted by Gasteiger charge is -2.00. The van der Waals surface area contributed by atoms with Crippen molar-refractivity contribution in [1.82, 2.24) is 0 Å². The van der Waals surface area contributed by atoms with Crippen LogP contribution in [0.4, 0.5) is 0 Å². The molecule has 256 valence electrons. The first-order valence-corrected chi connectivity index (χ1v) is 17.7. The molecule has 0 fully saturated rings. The van der Waals surface area contributed by atoms with Crippen molar-refractivity contribution in [3.05, 3.63) is 122 Å². The van der Waals surface area contributed by atoms with Crippen LogP contribution in [-0.2, 0) is 9.59 Å². The maximum absolute atomic E-state index is 10.2. The summed E-state index contributed by atoms with van der Waals surface area (Å²) in [5, 5.41) is 16.8. The number of carboxylic acids is 2. The second kappa shape index (κ2) is 41.3. The Balaban J connectivity index is 0. The van der Waals surface area contributed by atoms with E-state index < -0.39 is 11.9 Å². The maximum atomic E-state index is 10.2. The van der Waals surface area contributed by atoms with Crippen LogP contribution < -0.4 is 0 Å². The van der Waals surface area contributed by atoms with Crippen molar-refractivity contribution >= 4 is 11.9 Å². The van der Waals surface area contributed by atoms with Gasteiger partial charge in [0.15, 0.2) is 0 Å². The van der Waals surface area contributed by atoms with Crippen LogP contribution in [0.3, 0.4) is 0 Å². The Kier molecular flexibility index (Phi) is 40.0. The molecule has 46 heavy (non-hydrogen) atoms. The van der Waals surface area contributed by atoms with Crippen molar-refractivity contribution in [2.75, 3.05) is 0 Å². The van der Waals surface area contributed by atoms with E-state index in [-0.39, 0.29) is 0 Å². The lowest BCUT2D eigenvalue weighted by atomic mass is 10.1. The van der Waals surface area contributed by atoms with Gasteiger partial charge in [-0.2, -0.15) is 0 Å². The SMILES string of the molecule is CCCCCCCCC/C=C/C=C/C=C/C=C/C=C/C(=O)O.CCCCCCCCCCC/C=C/C=C/C=C/C=C/C=C/C(=O)O. The van der Waals surface area contributed by atoms with Gasteiger partial charge in [0.1, 0.15) is 0 Å². The van der Waals surface area contributed by atoms with Crippen molar-refractivity contribution < 1.29 is 19.8 Å². The highest BCUT2D eigenvalue weighted by molar-refractivity contribution is 5.80. The molecule has 0 saturated heterocycles. The number of allylic oxidation sites excluding steroid dienone is 18. The molecule has 4 heteroatoms. The van der Waals surface area contributed by atoms with E-state index in [1.165, 1.54) is 115 Å². The average Bonchev–Trinajstić information content (AvgIpc) is 3.03. The van der Waals surface area contributed by atoms with E-state index in [9.17, 15) is 9.59 Å². The Morgan fingerprint density at radius 2 is 0.587 bits per heavy atom. The molecule has 0 bridgehead atoms. The maximum Gasteiger partial charge on any atom is 0.328 e. The minimum Gasteiger partial charge on any atom is -0.478 e. The third-order valence-electron chi connectivity index (χ3n) is 6.75. The molecule has 0 rings (SSSR count). The summed E-state index contributed by atoms with van der Waals surface area (Å²) in [7, 11) is 0. The summed E-state index contributed by atoms with van der Waals surface area (Å²) in [4.78, 5) is 20.4. The summed E-state index contributed by atoms with van der Waals surface area (Å²) < 4.78 is 0. The number of aliphatic carboxylic acids is 2. The third kappa shape index (κ3) is 47.3. The zero-order valence-corrected chi connectivity index (χ0v) is 29.0. The molecule has 2 N–H and O–H groups in total. The van der Waals surface area contributed by atoms with Gasteiger partial charge in [-0.3, -0.25) is 0 Å². The largest absolute Gasteiger partial charge is 0.478 e. The second-order valence-electron chi connectivity index (χ2n) is 11.1. The topological polar surface area (TPSA) is 74.6 Å². The monoisotopic (exact) mass is 632 g/mol. The van der Waals surface area contributed by atoms with Gasteiger partial charge in [-0.25, -0.2) is 9.59 Å². The van der Waals surface area contributed by atoms with E-state index in [4.69, 9.17) is 10.2 Å². The lowest BCUT2D eigenvalue weighted by molar-refractivity contribution is -0.132. The van der Waals surface area contributed by atoms with Gasteiger partial charge in [-0.15, -0.1) is 0 Å². The average molecular weight is 633 g/mol. The predicted molar refractivity (Wildman–Crippen MR) is 201 cm³/mol. The molecule has 0 aliphatic carbocycles. The number of carbonyl (C=O) groups is 2. The fraction of sp³-hybridized carbons (Fsp3) is 0.476. The zero-order chi connectivity index (χ0) is 34.0. The molecule has 0 aliphatic heterocycles. The van der Waals surface area contributed by atoms with Crippen LogP contribution in [0.5, 0.6) is 0 Å². The highest BCUT2D eigenvalue weighted by Crippen LogP contribution is 2.11. The van der Waals surface area contributed by atoms with Crippen LogP contribution in [-0.4, -0.2) is 22.2 Å². The van der Waals surface area contributed by atoms with Crippen molar-refractivity contribution in [2.24, 2.45) is 0 Å². The molecule has 4 nitrogen and oxygen atoms in total. The van der Waals surface area contributed by atoms with Gasteiger partial charge >= 0.3 is 11.9 Å². The van der Waals surface area contributed by atoms with Crippen LogP contribution in [0.25, 0.3) is 0 Å². The molecule has 0 unspecified atom stereocenters. The van der Waals surface area contributed by atoms with Gasteiger partial charge in [0.2, 0.25) is 0 Å². The third-order valence-corrected chi connectivity index (χ3v) is 6.75. The quantitative estimate of drug-likeness (QED) is 0.0511. The molecule has 0 aromatic rings. The number of hydrogen-bond donors (Lipinski definition) is 2. The van der Waals surface area contributed by atoms with Crippen molar-refractivity contribution in [3.63, 3.8) is 0 Å². The van der Waals surface area contributed by atoms with Crippen LogP contribution in [0.1, 0.15) is 129 Å². The summed E-state index contributed by atoms with van der Waals surface area (Å²) >= 11 is 0. The van der Waals surface area contributed by atoms with Gasteiger partial charge in [0, 0.05) is 12.2 Å². The lowest BCUT2D eigenvalue weighted by Crippen LogP contribution is -1.84. The van der Waals surface area contributed by atoms with E-state index in [0.29, 0.717) is 0 Å². The predicted octanol–water partition coefficient (Wildman–Crippen LogP) is 12.8. The van der Waals surface area contributed by atoms with E-state index in [0.717, 1.165) is 25.0 Å². The molecule has 0 aromatic carbocycles. The van der Waals surface area contributed by atoms with E-state index in [1.54, 1.807) is 24.3 Å². The molecule has 0 heterocycles. The molecule has 0 spiro atoms. The molecule has 0 atom stereocenters. The molecule has 0 aromatic heterocycles.